The van der Waals surface area contributed by atoms with Gasteiger partial charge >= 0.3 is 6.18 Å². The molecule has 2 nitrogen and oxygen atoms in total. The third kappa shape index (κ3) is 3.26. The highest BCUT2D eigenvalue weighted by Crippen LogP contribution is 2.21. The fraction of sp³-hybridized carbons (Fsp3) is 1.00. The molecule has 0 rings (SSSR count). The van der Waals surface area contributed by atoms with Gasteiger partial charge in [-0.1, -0.05) is 0 Å². The second kappa shape index (κ2) is 2.98. The van der Waals surface area contributed by atoms with Crippen molar-refractivity contribution in [1.82, 2.24) is 5.43 Å². The topological polar surface area (TPSA) is 38.0 Å². The first-order valence-corrected chi connectivity index (χ1v) is 2.12. The molecule has 0 spiro atoms. The number of rotatable bonds is 2. The molecule has 0 amide bonds. The molecule has 56 valence electrons. The minimum Gasteiger partial charge on any atom is -0.271 e. The number of nitrogens with one attached hydrogen (secondary N) is 1. The molecule has 0 aromatic heterocycles. The van der Waals surface area contributed by atoms with Gasteiger partial charge in [-0.15, -0.1) is 0 Å². The summed E-state index contributed by atoms with van der Waals surface area (Å²) in [6, 6.07) is 0. The molecule has 0 aliphatic carbocycles. The third-order valence-corrected chi connectivity index (χ3v) is 0.652. The lowest BCUT2D eigenvalue weighted by molar-refractivity contribution is -0.178. The van der Waals surface area contributed by atoms with Gasteiger partial charge in [-0.2, -0.15) is 13.2 Å². The zero-order chi connectivity index (χ0) is 7.49. The number of alkyl halides is 4. The highest BCUT2D eigenvalue weighted by atomic mass is 19.4. The summed E-state index contributed by atoms with van der Waals surface area (Å²) in [4.78, 5) is 0. The summed E-state index contributed by atoms with van der Waals surface area (Å²) in [5.74, 6) is 4.44. The molecule has 3 N–H and O–H groups in total. The number of hydrogen-bond acceptors (Lipinski definition) is 2. The molecule has 0 aromatic carbocycles. The SMILES string of the molecule is NNCC(F)C(F)(F)F. The lowest BCUT2D eigenvalue weighted by Crippen LogP contribution is -2.38. The van der Waals surface area contributed by atoms with Crippen molar-refractivity contribution < 1.29 is 17.6 Å². The minimum atomic E-state index is -4.80. The molecule has 0 heterocycles. The lowest BCUT2D eigenvalue weighted by Gasteiger charge is -2.10. The van der Waals surface area contributed by atoms with Gasteiger partial charge in [-0.3, -0.25) is 11.3 Å². The molecule has 1 unspecified atom stereocenters. The Balaban J connectivity index is 3.59. The van der Waals surface area contributed by atoms with Gasteiger partial charge in [0.1, 0.15) is 0 Å². The van der Waals surface area contributed by atoms with E-state index in [9.17, 15) is 17.6 Å². The van der Waals surface area contributed by atoms with E-state index in [-0.39, 0.29) is 0 Å². The van der Waals surface area contributed by atoms with Crippen molar-refractivity contribution in [1.29, 1.82) is 0 Å². The van der Waals surface area contributed by atoms with Crippen LogP contribution in [0.25, 0.3) is 0 Å². The fourth-order valence-electron chi connectivity index (χ4n) is 0.219. The van der Waals surface area contributed by atoms with E-state index in [2.05, 4.69) is 5.84 Å². The van der Waals surface area contributed by atoms with E-state index < -0.39 is 18.9 Å². The molecule has 9 heavy (non-hydrogen) atoms. The van der Waals surface area contributed by atoms with Gasteiger partial charge in [0.05, 0.1) is 6.54 Å². The monoisotopic (exact) mass is 146 g/mol. The Kier molecular flexibility index (Phi) is 2.86. The van der Waals surface area contributed by atoms with Crippen LogP contribution in [0.1, 0.15) is 0 Å². The molecule has 0 aliphatic heterocycles. The lowest BCUT2D eigenvalue weighted by atomic mass is 10.4. The first kappa shape index (κ1) is 8.64. The van der Waals surface area contributed by atoms with Gasteiger partial charge in [-0.25, -0.2) is 4.39 Å². The second-order valence-electron chi connectivity index (χ2n) is 1.42. The van der Waals surface area contributed by atoms with Crippen molar-refractivity contribution in [2.24, 2.45) is 5.84 Å². The first-order valence-electron chi connectivity index (χ1n) is 2.12. The molecule has 0 saturated carbocycles. The summed E-state index contributed by atoms with van der Waals surface area (Å²) in [5.41, 5.74) is 1.58. The molecule has 1 atom stereocenters. The van der Waals surface area contributed by atoms with E-state index in [1.54, 1.807) is 5.43 Å². The van der Waals surface area contributed by atoms with Crippen LogP contribution in [0.5, 0.6) is 0 Å². The zero-order valence-corrected chi connectivity index (χ0v) is 4.37. The van der Waals surface area contributed by atoms with Gasteiger partial charge in [-0.05, 0) is 0 Å². The van der Waals surface area contributed by atoms with Gasteiger partial charge in [0.2, 0.25) is 6.17 Å². The van der Waals surface area contributed by atoms with Crippen molar-refractivity contribution in [3.05, 3.63) is 0 Å². The standard InChI is InChI=1S/C3H6F4N2/c4-2(1-9-8)3(5,6)7/h2,9H,1,8H2. The summed E-state index contributed by atoms with van der Waals surface area (Å²) in [6.07, 6.45) is -7.67. The Morgan fingerprint density at radius 1 is 1.44 bits per heavy atom. The summed E-state index contributed by atoms with van der Waals surface area (Å²) < 4.78 is 45.1. The number of halogens is 4. The van der Waals surface area contributed by atoms with Gasteiger partial charge in [0.25, 0.3) is 0 Å². The van der Waals surface area contributed by atoms with E-state index >= 15 is 0 Å². The molecule has 0 radical (unpaired) electrons. The van der Waals surface area contributed by atoms with Crippen molar-refractivity contribution in [2.75, 3.05) is 6.54 Å². The van der Waals surface area contributed by atoms with Crippen LogP contribution in [-0.4, -0.2) is 18.9 Å². The minimum absolute atomic E-state index is 0.899. The van der Waals surface area contributed by atoms with E-state index in [0.717, 1.165) is 0 Å². The van der Waals surface area contributed by atoms with Crippen molar-refractivity contribution in [3.63, 3.8) is 0 Å². The molecule has 6 heteroatoms. The van der Waals surface area contributed by atoms with Crippen molar-refractivity contribution in [3.8, 4) is 0 Å². The summed E-state index contributed by atoms with van der Waals surface area (Å²) >= 11 is 0. The highest BCUT2D eigenvalue weighted by Gasteiger charge is 2.39. The summed E-state index contributed by atoms with van der Waals surface area (Å²) in [5, 5.41) is 0. The van der Waals surface area contributed by atoms with E-state index in [1.807, 2.05) is 0 Å². The van der Waals surface area contributed by atoms with Crippen LogP contribution in [0, 0.1) is 0 Å². The average molecular weight is 146 g/mol. The maximum atomic E-state index is 11.6. The molecule has 0 fully saturated rings. The van der Waals surface area contributed by atoms with Crippen LogP contribution in [0.2, 0.25) is 0 Å². The smallest absolute Gasteiger partial charge is 0.271 e. The van der Waals surface area contributed by atoms with E-state index in [1.165, 1.54) is 0 Å². The summed E-state index contributed by atoms with van der Waals surface area (Å²) in [6.45, 7) is -0.899. The number of hydrogen-bond donors (Lipinski definition) is 2. The van der Waals surface area contributed by atoms with Crippen molar-refractivity contribution in [2.45, 2.75) is 12.3 Å². The number of hydrazine groups is 1. The maximum absolute atomic E-state index is 11.6. The zero-order valence-electron chi connectivity index (χ0n) is 4.37. The Morgan fingerprint density at radius 2 is 1.89 bits per heavy atom. The van der Waals surface area contributed by atoms with Gasteiger partial charge in [0.15, 0.2) is 0 Å². The van der Waals surface area contributed by atoms with E-state index in [4.69, 9.17) is 0 Å². The van der Waals surface area contributed by atoms with Gasteiger partial charge in [0, 0.05) is 0 Å². The van der Waals surface area contributed by atoms with Crippen LogP contribution in [0.15, 0.2) is 0 Å². The highest BCUT2D eigenvalue weighted by molar-refractivity contribution is 4.65. The number of nitrogens with two attached hydrogens (primary N) is 1. The molecule has 0 saturated heterocycles. The molecule has 0 bridgehead atoms. The van der Waals surface area contributed by atoms with Crippen molar-refractivity contribution >= 4 is 0 Å². The van der Waals surface area contributed by atoms with Crippen LogP contribution in [0.3, 0.4) is 0 Å². The molecular weight excluding hydrogens is 140 g/mol. The molecule has 0 aliphatic rings. The molecular formula is C3H6F4N2. The van der Waals surface area contributed by atoms with Gasteiger partial charge < -0.3 is 0 Å². The molecule has 0 aromatic rings. The predicted molar refractivity (Wildman–Crippen MR) is 23.1 cm³/mol. The normalized spacial score (nSPS) is 15.7. The third-order valence-electron chi connectivity index (χ3n) is 0.652. The van der Waals surface area contributed by atoms with Crippen LogP contribution in [0.4, 0.5) is 17.6 Å². The quantitative estimate of drug-likeness (QED) is 0.335. The summed E-state index contributed by atoms with van der Waals surface area (Å²) in [7, 11) is 0. The Hall–Kier alpha value is -0.360. The van der Waals surface area contributed by atoms with Crippen LogP contribution in [-0.2, 0) is 0 Å². The maximum Gasteiger partial charge on any atom is 0.420 e. The van der Waals surface area contributed by atoms with Crippen LogP contribution < -0.4 is 11.3 Å². The van der Waals surface area contributed by atoms with E-state index in [0.29, 0.717) is 0 Å². The predicted octanol–water partition coefficient (Wildman–Crippen LogP) is 0.350. The Bertz CT molecular complexity index is 80.4. The largest absolute Gasteiger partial charge is 0.420 e. The Morgan fingerprint density at radius 3 is 2.00 bits per heavy atom. The first-order chi connectivity index (χ1) is 3.98. The van der Waals surface area contributed by atoms with Crippen LogP contribution >= 0.6 is 0 Å². The second-order valence-corrected chi connectivity index (χ2v) is 1.42. The average Bonchev–Trinajstić information content (AvgIpc) is 1.64. The Labute approximate surface area is 49.0 Å². The fourth-order valence-corrected chi connectivity index (χ4v) is 0.219.